The van der Waals surface area contributed by atoms with Crippen molar-refractivity contribution in [3.05, 3.63) is 63.2 Å². The normalized spacial score (nSPS) is 24.4. The second-order valence-electron chi connectivity index (χ2n) is 32.9. The molecule has 0 unspecified atom stereocenters. The lowest BCUT2D eigenvalue weighted by molar-refractivity contribution is -0.147. The van der Waals surface area contributed by atoms with Gasteiger partial charge in [-0.05, 0) is 81.9 Å². The quantitative estimate of drug-likeness (QED) is 0.0103. The molecule has 0 bridgehead atoms. The number of guanidine groups is 2. The Morgan fingerprint density at radius 2 is 0.929 bits per heavy atom. The summed E-state index contributed by atoms with van der Waals surface area (Å²) < 4.78 is 2.37. The van der Waals surface area contributed by atoms with Crippen LogP contribution in [0.25, 0.3) is 22.3 Å². The van der Waals surface area contributed by atoms with Crippen molar-refractivity contribution in [2.75, 3.05) is 103 Å². The van der Waals surface area contributed by atoms with Crippen LogP contribution in [0.15, 0.2) is 46.5 Å². The smallest absolute Gasteiger partial charge is 0.280 e. The molecule has 0 saturated carbocycles. The number of nitrogens with zero attached hydrogens (tertiary/aromatic N) is 13. The van der Waals surface area contributed by atoms with Crippen LogP contribution in [0.1, 0.15) is 69.8 Å². The lowest BCUT2D eigenvalue weighted by Gasteiger charge is -2.32. The van der Waals surface area contributed by atoms with E-state index in [4.69, 9.17) is 68.2 Å². The number of aromatic nitrogens is 8. The summed E-state index contributed by atoms with van der Waals surface area (Å²) >= 11 is 0. The highest BCUT2D eigenvalue weighted by Gasteiger charge is 2.51. The number of imidazole rings is 2. The highest BCUT2D eigenvalue weighted by molar-refractivity contribution is 5.98. The number of benzene rings is 1. The molecule has 7 aliphatic rings. The molecule has 0 radical (unpaired) electrons. The minimum Gasteiger partial charge on any atom is -0.508 e. The van der Waals surface area contributed by atoms with E-state index in [0.29, 0.717) is 12.1 Å². The molecule has 52 heteroatoms. The number of phenols is 1. The molecule has 4 aromatic heterocycles. The van der Waals surface area contributed by atoms with Gasteiger partial charge >= 0.3 is 0 Å². The summed E-state index contributed by atoms with van der Waals surface area (Å²) in [5, 5.41) is 50.6. The van der Waals surface area contributed by atoms with E-state index in [1.165, 1.54) is 53.0 Å². The largest absolute Gasteiger partial charge is 0.508 e. The molecule has 7 saturated heterocycles. The fourth-order valence-electron chi connectivity index (χ4n) is 17.3. The Balaban J connectivity index is 0.745. The van der Waals surface area contributed by atoms with Gasteiger partial charge in [-0.15, -0.1) is 0 Å². The van der Waals surface area contributed by atoms with Crippen LogP contribution in [0.3, 0.4) is 0 Å². The van der Waals surface area contributed by atoms with E-state index in [-0.39, 0.29) is 186 Å². The third kappa shape index (κ3) is 22.2. The van der Waals surface area contributed by atoms with Gasteiger partial charge in [-0.2, -0.15) is 9.97 Å². The van der Waals surface area contributed by atoms with Gasteiger partial charge < -0.3 is 154 Å². The zero-order valence-electron chi connectivity index (χ0n) is 69.0. The third-order valence-corrected chi connectivity index (χ3v) is 23.4. The van der Waals surface area contributed by atoms with Crippen molar-refractivity contribution in [1.29, 1.82) is 10.8 Å². The predicted molar refractivity (Wildman–Crippen MR) is 447 cm³/mol. The van der Waals surface area contributed by atoms with Gasteiger partial charge in [0.05, 0.1) is 37.8 Å². The number of aromatic hydroxyl groups is 1. The van der Waals surface area contributed by atoms with E-state index >= 15 is 0 Å². The van der Waals surface area contributed by atoms with Crippen LogP contribution in [0.4, 0.5) is 11.9 Å². The number of hydrogen-bond acceptors (Lipinski definition) is 31. The SMILES string of the molecule is N=C(N)N[C@H]1CN[C@@H](C(=O)N2C[C@H](N)C[C@@H]2C(=O)N2C[C@H](N)C[C@@H]2C(=O)NCCCC[C@H](NC(=O)[C@H]2C[C@@H](N)CN2C(=O)[C@H]2C[C@@H](N)CN2C(=O)[C@H]2C[C@@H](NC(=N)N)CN2)C(=O)NCCN(CC(=O)NCCN(CC(=O)N2C[C@H](N)C[C@@H]2C(=O)N[C@@H](Cc2ccc(O)cc2)C(N)=O)C(=O)Cn2cnc3c(=O)[nH]c(N)nc32)C(=O)Cn2cnc3c(=O)[nH]c(N)nc32)C1. The monoisotopic (exact) mass is 1760 g/mol. The average Bonchev–Trinajstić information content (AvgIpc) is 1.64. The van der Waals surface area contributed by atoms with E-state index in [9.17, 15) is 77.0 Å². The Labute approximate surface area is 717 Å². The fourth-order valence-corrected chi connectivity index (χ4v) is 17.3. The number of fused-ring (bicyclic) bond motifs is 2. The summed E-state index contributed by atoms with van der Waals surface area (Å²) in [6.45, 7) is -4.32. The minimum atomic E-state index is -1.45. The number of H-pyrrole nitrogens is 2. The number of likely N-dealkylation sites (tertiary alicyclic amines) is 5. The molecule has 12 rings (SSSR count). The van der Waals surface area contributed by atoms with E-state index in [1.54, 1.807) is 0 Å². The number of anilines is 2. The number of unbranched alkanes of at least 4 members (excludes halogenated alkanes) is 1. The maximum atomic E-state index is 15.0. The van der Waals surface area contributed by atoms with Gasteiger partial charge in [0.25, 0.3) is 11.1 Å². The van der Waals surface area contributed by atoms with Gasteiger partial charge in [-0.3, -0.25) is 92.7 Å². The van der Waals surface area contributed by atoms with E-state index < -0.39 is 219 Å². The first kappa shape index (κ1) is 91.9. The number of nitrogens with two attached hydrogens (primary N) is 10. The standard InChI is InChI=1S/C74H110N36O16/c75-35-15-48(63(119)97-44(58(80)116)13-34-4-6-42(111)7-5-34)106(23-35)55(115)31-103(54(114)30-105-33-93-57-60(105)99-74(86)101-66(57)122)11-9-87-52(112)28-102(53(113)29-104-32-92-56-59(104)98-73(85)100-65(56)121)12-10-89-61(117)43(96-64(120)49-16-37(77)25-108(49)70(126)51-18-39(79)27-110(51)68(124)46-20-41(22-91-46)95-72(83)84)3-1-2-8-88-62(118)47-14-36(76)24-107(47)69(125)50-17-38(78)26-109(50)67(123)45-19-40(21-90-45)94-71(81)82/h4-7,32-33,35-41,43-51,90-91,111H,1-3,8-31,75-79H2,(H2,80,116)(H,87,112)(H,88,118)(H,89,117)(H,96,120)(H,97,119)(H4,81,82,94)(H4,83,84,95)(H3,85,98,100,121)(H3,86,99,101,122)/t35-,36-,37-,38-,39-,40-,41-,43+,44+,45-,46-,47-,48-,49-,50-,51-/m1/s1. The maximum Gasteiger partial charge on any atom is 0.280 e. The number of nitrogen functional groups attached to an aromatic ring is 2. The summed E-state index contributed by atoms with van der Waals surface area (Å²) in [6.07, 6.45) is 2.83. The molecule has 5 aromatic rings. The molecule has 16 atom stereocenters. The second-order valence-corrected chi connectivity index (χ2v) is 32.9. The van der Waals surface area contributed by atoms with Gasteiger partial charge in [0, 0.05) is 127 Å². The summed E-state index contributed by atoms with van der Waals surface area (Å²) in [6, 6.07) is -8.24. The van der Waals surface area contributed by atoms with Crippen LogP contribution >= 0.6 is 0 Å². The number of carbonyl (C=O) groups is 13. The van der Waals surface area contributed by atoms with E-state index in [2.05, 4.69) is 77.8 Å². The fraction of sp³-hybridized carbons (Fsp3) is 0.581. The van der Waals surface area contributed by atoms with Gasteiger partial charge in [0.2, 0.25) is 88.7 Å². The van der Waals surface area contributed by atoms with Gasteiger partial charge in [-0.1, -0.05) is 12.1 Å². The third-order valence-electron chi connectivity index (χ3n) is 23.4. The molecule has 1 aromatic carbocycles. The zero-order valence-corrected chi connectivity index (χ0v) is 69.0. The highest BCUT2D eigenvalue weighted by Crippen LogP contribution is 2.30. The van der Waals surface area contributed by atoms with Gasteiger partial charge in [-0.25, -0.2) is 9.97 Å². The Hall–Kier alpha value is -13.3. The topological polar surface area (TPSA) is 808 Å². The Morgan fingerprint density at radius 3 is 1.40 bits per heavy atom. The molecule has 34 N–H and O–H groups in total. The Bertz CT molecular complexity index is 5100. The molecule has 52 nitrogen and oxygen atoms in total. The molecule has 13 amide bonds. The molecule has 682 valence electrons. The lowest BCUT2D eigenvalue weighted by Crippen LogP contribution is -2.57. The van der Waals surface area contributed by atoms with Crippen molar-refractivity contribution in [2.45, 2.75) is 180 Å². The number of primary amides is 1. The van der Waals surface area contributed by atoms with Crippen molar-refractivity contribution in [1.82, 2.24) is 121 Å². The number of carbonyl (C=O) groups excluding carboxylic acids is 13. The first-order valence-electron chi connectivity index (χ1n) is 41.4. The average molecular weight is 1760 g/mol. The van der Waals surface area contributed by atoms with E-state index in [0.717, 1.165) is 27.4 Å². The number of rotatable bonds is 34. The molecule has 7 fully saturated rings. The van der Waals surface area contributed by atoms with Crippen molar-refractivity contribution in [3.8, 4) is 5.75 Å². The first-order chi connectivity index (χ1) is 59.9. The van der Waals surface area contributed by atoms with Crippen molar-refractivity contribution in [3.63, 3.8) is 0 Å². The van der Waals surface area contributed by atoms with Gasteiger partial charge in [0.15, 0.2) is 34.2 Å². The summed E-state index contributed by atoms with van der Waals surface area (Å²) in [5.41, 5.74) is 59.2. The van der Waals surface area contributed by atoms with Gasteiger partial charge in [0.1, 0.15) is 61.1 Å². The molecule has 7 aliphatic heterocycles. The van der Waals surface area contributed by atoms with Crippen molar-refractivity contribution < 1.29 is 67.4 Å². The summed E-state index contributed by atoms with van der Waals surface area (Å²) in [5.74, 6) is -10.5. The summed E-state index contributed by atoms with van der Waals surface area (Å²) in [7, 11) is 0. The minimum absolute atomic E-state index is 0.00143. The Kier molecular flexibility index (Phi) is 29.3. The number of amides is 13. The number of aromatic amines is 2. The zero-order chi connectivity index (χ0) is 90.8. The Morgan fingerprint density at radius 1 is 0.508 bits per heavy atom. The first-order valence-corrected chi connectivity index (χ1v) is 41.4. The van der Waals surface area contributed by atoms with Crippen LogP contribution in [0.5, 0.6) is 5.75 Å². The number of phenolic OH excluding ortho intramolecular Hbond substituents is 1. The van der Waals surface area contributed by atoms with Crippen LogP contribution in [-0.2, 0) is 81.8 Å². The molecular formula is C74H110N36O16. The molecule has 0 aliphatic carbocycles. The van der Waals surface area contributed by atoms with Crippen LogP contribution < -0.4 is 116 Å². The maximum absolute atomic E-state index is 15.0. The van der Waals surface area contributed by atoms with Crippen molar-refractivity contribution >= 4 is 123 Å². The molecular weight excluding hydrogens is 1650 g/mol. The molecule has 126 heavy (non-hydrogen) atoms. The van der Waals surface area contributed by atoms with Crippen LogP contribution in [-0.4, -0.2) is 355 Å². The highest BCUT2D eigenvalue weighted by atomic mass is 16.3. The van der Waals surface area contributed by atoms with Crippen LogP contribution in [0, 0.1) is 10.8 Å². The lowest BCUT2D eigenvalue weighted by atomic mass is 10.0. The summed E-state index contributed by atoms with van der Waals surface area (Å²) in [4.78, 5) is 242. The van der Waals surface area contributed by atoms with E-state index in [1.807, 2.05) is 0 Å². The number of hydrogen-bond donors (Lipinski definition) is 24. The predicted octanol–water partition coefficient (Wildman–Crippen LogP) is -13.9. The second kappa shape index (κ2) is 40.1. The molecule has 0 spiro atoms. The van der Waals surface area contributed by atoms with Crippen LogP contribution in [0.2, 0.25) is 0 Å². The molecule has 11 heterocycles. The van der Waals surface area contributed by atoms with Crippen molar-refractivity contribution in [2.24, 2.45) is 45.9 Å². The number of nitrogens with one attached hydrogen (secondary N) is 13.